The van der Waals surface area contributed by atoms with Crippen molar-refractivity contribution in [3.8, 4) is 0 Å². The minimum Gasteiger partial charge on any atom is -0.293 e. The number of carbonyl (C=O) groups excluding carboxylic acids is 1. The van der Waals surface area contributed by atoms with E-state index < -0.39 is 0 Å². The van der Waals surface area contributed by atoms with Crippen LogP contribution in [-0.4, -0.2) is 18.0 Å². The van der Waals surface area contributed by atoms with E-state index in [1.807, 2.05) is 32.9 Å². The summed E-state index contributed by atoms with van der Waals surface area (Å²) in [6.07, 6.45) is 8.61. The molecule has 2 nitrogen and oxygen atoms in total. The van der Waals surface area contributed by atoms with Gasteiger partial charge in [0.25, 0.3) is 0 Å². The van der Waals surface area contributed by atoms with Crippen LogP contribution in [0.25, 0.3) is 0 Å². The maximum atomic E-state index is 10.5. The molecular formula is C15H27NO. The number of hydrogen-bond donors (Lipinski definition) is 0. The molecule has 0 spiro atoms. The third-order valence-electron chi connectivity index (χ3n) is 1.51. The van der Waals surface area contributed by atoms with Crippen LogP contribution in [0.1, 0.15) is 41.0 Å². The van der Waals surface area contributed by atoms with Gasteiger partial charge in [0.1, 0.15) is 0 Å². The molecule has 0 aliphatic carbocycles. The van der Waals surface area contributed by atoms with Gasteiger partial charge < -0.3 is 0 Å². The first-order chi connectivity index (χ1) is 8.09. The Morgan fingerprint density at radius 3 is 1.94 bits per heavy atom. The van der Waals surface area contributed by atoms with Gasteiger partial charge in [-0.3, -0.25) is 9.79 Å². The van der Waals surface area contributed by atoms with Gasteiger partial charge in [0.15, 0.2) is 5.78 Å². The summed E-state index contributed by atoms with van der Waals surface area (Å²) in [7, 11) is 0. The van der Waals surface area contributed by atoms with E-state index in [1.54, 1.807) is 13.0 Å². The van der Waals surface area contributed by atoms with Crippen LogP contribution in [0.5, 0.6) is 0 Å². The summed E-state index contributed by atoms with van der Waals surface area (Å²) in [4.78, 5) is 14.4. The number of hydrogen-bond acceptors (Lipinski definition) is 2. The number of rotatable bonds is 5. The third-order valence-corrected chi connectivity index (χ3v) is 1.51. The van der Waals surface area contributed by atoms with Gasteiger partial charge in [-0.2, -0.15) is 0 Å². The van der Waals surface area contributed by atoms with Gasteiger partial charge in [-0.05, 0) is 20.3 Å². The molecule has 17 heavy (non-hydrogen) atoms. The molecular weight excluding hydrogens is 210 g/mol. The van der Waals surface area contributed by atoms with Crippen molar-refractivity contribution in [1.82, 2.24) is 0 Å². The second-order valence-electron chi connectivity index (χ2n) is 2.86. The van der Waals surface area contributed by atoms with Gasteiger partial charge in [0.05, 0.1) is 12.3 Å². The van der Waals surface area contributed by atoms with E-state index in [2.05, 4.69) is 24.2 Å². The predicted molar refractivity (Wildman–Crippen MR) is 79.8 cm³/mol. The van der Waals surface area contributed by atoms with Crippen molar-refractivity contribution in [2.24, 2.45) is 4.99 Å². The van der Waals surface area contributed by atoms with Crippen LogP contribution in [-0.2, 0) is 4.79 Å². The number of Topliss-reactive ketones (excluding diaryl/α,β-unsaturated/α-hetero) is 1. The molecule has 0 aliphatic heterocycles. The molecule has 0 saturated heterocycles. The van der Waals surface area contributed by atoms with E-state index in [9.17, 15) is 4.79 Å². The van der Waals surface area contributed by atoms with Crippen LogP contribution in [0.2, 0.25) is 0 Å². The van der Waals surface area contributed by atoms with Crippen LogP contribution < -0.4 is 0 Å². The summed E-state index contributed by atoms with van der Waals surface area (Å²) < 4.78 is 0. The maximum Gasteiger partial charge on any atom is 0.173 e. The van der Waals surface area contributed by atoms with Crippen molar-refractivity contribution in [2.75, 3.05) is 6.54 Å². The van der Waals surface area contributed by atoms with E-state index in [1.165, 1.54) is 6.92 Å². The van der Waals surface area contributed by atoms with Gasteiger partial charge in [0, 0.05) is 6.92 Å². The maximum absolute atomic E-state index is 10.5. The molecule has 0 atom stereocenters. The predicted octanol–water partition coefficient (Wildman–Crippen LogP) is 4.39. The quantitative estimate of drug-likeness (QED) is 0.515. The first kappa shape index (κ1) is 20.9. The molecule has 0 heterocycles. The van der Waals surface area contributed by atoms with E-state index in [-0.39, 0.29) is 5.78 Å². The zero-order valence-corrected chi connectivity index (χ0v) is 12.0. The van der Waals surface area contributed by atoms with Crippen LogP contribution >= 0.6 is 0 Å². The Hall–Kier alpha value is -1.44. The van der Waals surface area contributed by atoms with Gasteiger partial charge in [-0.15, -0.1) is 13.2 Å². The average molecular weight is 237 g/mol. The van der Waals surface area contributed by atoms with Gasteiger partial charge in [0.2, 0.25) is 0 Å². The summed E-state index contributed by atoms with van der Waals surface area (Å²) in [5.74, 6) is 0.0249. The topological polar surface area (TPSA) is 29.4 Å². The fourth-order valence-corrected chi connectivity index (χ4v) is 0.545. The van der Waals surface area contributed by atoms with Gasteiger partial charge >= 0.3 is 0 Å². The zero-order valence-electron chi connectivity index (χ0n) is 12.0. The highest BCUT2D eigenvalue weighted by Gasteiger charge is 1.93. The molecule has 0 bridgehead atoms. The van der Waals surface area contributed by atoms with Crippen molar-refractivity contribution >= 4 is 11.5 Å². The SMILES string of the molecule is C=CC/C=C\C.C=CCN=C(C)C(C)=O.CC. The Labute approximate surface area is 107 Å². The van der Waals surface area contributed by atoms with Crippen molar-refractivity contribution in [3.05, 3.63) is 37.5 Å². The molecule has 0 amide bonds. The summed E-state index contributed by atoms with van der Waals surface area (Å²) >= 11 is 0. The van der Waals surface area contributed by atoms with Gasteiger partial charge in [-0.1, -0.05) is 38.2 Å². The van der Waals surface area contributed by atoms with Gasteiger partial charge in [-0.25, -0.2) is 0 Å². The number of nitrogens with zero attached hydrogens (tertiary/aromatic N) is 1. The highest BCUT2D eigenvalue weighted by atomic mass is 16.1. The minimum atomic E-state index is 0.0249. The van der Waals surface area contributed by atoms with E-state index in [4.69, 9.17) is 0 Å². The molecule has 0 rings (SSSR count). The Kier molecular flexibility index (Phi) is 24.6. The van der Waals surface area contributed by atoms with Crippen LogP contribution in [0.15, 0.2) is 42.5 Å². The molecule has 0 unspecified atom stereocenters. The normalized spacial score (nSPS) is 9.59. The second-order valence-corrected chi connectivity index (χ2v) is 2.86. The zero-order chi connectivity index (χ0) is 14.1. The smallest absolute Gasteiger partial charge is 0.173 e. The number of allylic oxidation sites excluding steroid dienone is 3. The van der Waals surface area contributed by atoms with E-state index >= 15 is 0 Å². The van der Waals surface area contributed by atoms with Crippen molar-refractivity contribution < 1.29 is 4.79 Å². The summed E-state index contributed by atoms with van der Waals surface area (Å²) in [5, 5.41) is 0. The standard InChI is InChI=1S/C7H11NO.C6H10.C2H6/c1-4-5-8-6(2)7(3)9;1-3-5-6-4-2;1-2/h4H,1,5H2,2-3H3;3-4,6H,1,5H2,2H3;1-2H3/b;6-4-;. The van der Waals surface area contributed by atoms with Crippen molar-refractivity contribution in [1.29, 1.82) is 0 Å². The molecule has 0 aliphatic rings. The van der Waals surface area contributed by atoms with Crippen LogP contribution in [0.3, 0.4) is 0 Å². The molecule has 0 aromatic heterocycles. The number of aliphatic imine (C=N–C) groups is 1. The fraction of sp³-hybridized carbons (Fsp3) is 0.467. The molecule has 2 heteroatoms. The highest BCUT2D eigenvalue weighted by molar-refractivity contribution is 6.37. The Bertz CT molecular complexity index is 250. The first-order valence-corrected chi connectivity index (χ1v) is 5.95. The number of ketones is 1. The third kappa shape index (κ3) is 25.1. The summed E-state index contributed by atoms with van der Waals surface area (Å²) in [6, 6.07) is 0. The molecule has 0 radical (unpaired) electrons. The Morgan fingerprint density at radius 1 is 1.18 bits per heavy atom. The van der Waals surface area contributed by atoms with E-state index in [0.29, 0.717) is 12.3 Å². The molecule has 0 saturated carbocycles. The summed E-state index contributed by atoms with van der Waals surface area (Å²) in [5.41, 5.74) is 0.565. The van der Waals surface area contributed by atoms with Crippen LogP contribution in [0.4, 0.5) is 0 Å². The molecule has 0 fully saturated rings. The lowest BCUT2D eigenvalue weighted by Gasteiger charge is -1.89. The average Bonchev–Trinajstić information content (AvgIpc) is 2.36. The lowest BCUT2D eigenvalue weighted by molar-refractivity contribution is -0.111. The monoisotopic (exact) mass is 237 g/mol. The lowest BCUT2D eigenvalue weighted by atomic mass is 10.3. The second kappa shape index (κ2) is 20.0. The van der Waals surface area contributed by atoms with Crippen LogP contribution in [0, 0.1) is 0 Å². The highest BCUT2D eigenvalue weighted by Crippen LogP contribution is 1.80. The molecule has 98 valence electrons. The van der Waals surface area contributed by atoms with Crippen molar-refractivity contribution in [2.45, 2.75) is 41.0 Å². The van der Waals surface area contributed by atoms with Crippen molar-refractivity contribution in [3.63, 3.8) is 0 Å². The minimum absolute atomic E-state index is 0.0249. The fourth-order valence-electron chi connectivity index (χ4n) is 0.545. The Morgan fingerprint density at radius 2 is 1.71 bits per heavy atom. The number of carbonyl (C=O) groups is 1. The largest absolute Gasteiger partial charge is 0.293 e. The molecule has 0 N–H and O–H groups in total. The molecule has 0 aromatic rings. The lowest BCUT2D eigenvalue weighted by Crippen LogP contribution is -2.04. The Balaban J connectivity index is -0.000000213. The van der Waals surface area contributed by atoms with E-state index in [0.717, 1.165) is 6.42 Å². The molecule has 0 aromatic carbocycles. The first-order valence-electron chi connectivity index (χ1n) is 5.95. The summed E-state index contributed by atoms with van der Waals surface area (Å²) in [6.45, 7) is 16.8.